The van der Waals surface area contributed by atoms with Gasteiger partial charge in [0.2, 0.25) is 0 Å². The number of benzene rings is 2. The second-order valence-electron chi connectivity index (χ2n) is 9.26. The van der Waals surface area contributed by atoms with Crippen molar-refractivity contribution in [3.05, 3.63) is 65.7 Å². The molecule has 4 rings (SSSR count). The summed E-state index contributed by atoms with van der Waals surface area (Å²) in [5.74, 6) is -0.337. The maximum absolute atomic E-state index is 12.5. The molecule has 2 saturated heterocycles. The number of rotatable bonds is 8. The number of carbonyl (C=O) groups is 3. The second-order valence-corrected chi connectivity index (χ2v) is 9.26. The van der Waals surface area contributed by atoms with E-state index >= 15 is 0 Å². The number of methoxy groups -OCH3 is 1. The van der Waals surface area contributed by atoms with Crippen molar-refractivity contribution in [2.45, 2.75) is 25.7 Å². The van der Waals surface area contributed by atoms with E-state index in [-0.39, 0.29) is 30.6 Å². The molecular weight excluding hydrogens is 490 g/mol. The van der Waals surface area contributed by atoms with Gasteiger partial charge in [-0.15, -0.1) is 0 Å². The van der Waals surface area contributed by atoms with Crippen LogP contribution in [0.3, 0.4) is 0 Å². The molecule has 2 atom stereocenters. The van der Waals surface area contributed by atoms with Crippen molar-refractivity contribution in [3.8, 4) is 0 Å². The van der Waals surface area contributed by atoms with Crippen molar-refractivity contribution in [1.82, 2.24) is 15.1 Å². The summed E-state index contributed by atoms with van der Waals surface area (Å²) in [7, 11) is 1.40. The summed E-state index contributed by atoms with van der Waals surface area (Å²) in [6.07, 6.45) is -1.40. The molecule has 2 amide bonds. The fraction of sp³-hybridized carbons (Fsp3) is 0.407. The Kier molecular flexibility index (Phi) is 8.93. The predicted octanol–water partition coefficient (Wildman–Crippen LogP) is 2.44. The standard InChI is InChI=1S/C27H33N5O6/c1-19(25(33)36-2)31-14-12-30(13-15-31)16-23-17-32(27(35)38-23)22-10-8-21(9-11-22)24(28)29-26(34)37-18-20-6-4-3-5-7-20/h3-11,19,23H,12-18H2,1-2H3,(H2,28,29,34). The van der Waals surface area contributed by atoms with Crippen molar-refractivity contribution in [1.29, 1.82) is 5.41 Å². The molecule has 38 heavy (non-hydrogen) atoms. The van der Waals surface area contributed by atoms with Gasteiger partial charge in [0.1, 0.15) is 24.6 Å². The molecule has 11 nitrogen and oxygen atoms in total. The monoisotopic (exact) mass is 523 g/mol. The summed E-state index contributed by atoms with van der Waals surface area (Å²) in [4.78, 5) is 42.3. The number of hydrogen-bond donors (Lipinski definition) is 2. The third kappa shape index (κ3) is 6.87. The lowest BCUT2D eigenvalue weighted by Crippen LogP contribution is -2.53. The number of amidine groups is 1. The van der Waals surface area contributed by atoms with Crippen molar-refractivity contribution < 1.29 is 28.6 Å². The second kappa shape index (κ2) is 12.5. The Labute approximate surface area is 221 Å². The van der Waals surface area contributed by atoms with Gasteiger partial charge in [0, 0.05) is 44.0 Å². The number of cyclic esters (lactones) is 1. The Bertz CT molecular complexity index is 1130. The fourth-order valence-electron chi connectivity index (χ4n) is 4.51. The van der Waals surface area contributed by atoms with E-state index in [2.05, 4.69) is 15.1 Å². The predicted molar refractivity (Wildman–Crippen MR) is 140 cm³/mol. The van der Waals surface area contributed by atoms with E-state index in [1.165, 1.54) is 7.11 Å². The highest BCUT2D eigenvalue weighted by Crippen LogP contribution is 2.23. The number of anilines is 1. The van der Waals surface area contributed by atoms with Crippen LogP contribution in [0.4, 0.5) is 15.3 Å². The van der Waals surface area contributed by atoms with Crippen LogP contribution in [-0.4, -0.2) is 92.3 Å². The Balaban J connectivity index is 1.23. The molecule has 2 fully saturated rings. The van der Waals surface area contributed by atoms with Gasteiger partial charge in [0.05, 0.1) is 13.7 Å². The van der Waals surface area contributed by atoms with Crippen molar-refractivity contribution >= 4 is 29.7 Å². The molecule has 2 aliphatic heterocycles. The number of nitrogens with one attached hydrogen (secondary N) is 2. The average Bonchev–Trinajstić information content (AvgIpc) is 3.31. The Morgan fingerprint density at radius 3 is 2.42 bits per heavy atom. The summed E-state index contributed by atoms with van der Waals surface area (Å²) in [5.41, 5.74) is 1.98. The third-order valence-corrected chi connectivity index (χ3v) is 6.74. The molecule has 2 aliphatic rings. The van der Waals surface area contributed by atoms with Gasteiger partial charge in [-0.2, -0.15) is 0 Å². The van der Waals surface area contributed by atoms with Gasteiger partial charge in [-0.1, -0.05) is 30.3 Å². The normalized spacial score (nSPS) is 18.9. The first-order valence-electron chi connectivity index (χ1n) is 12.5. The lowest BCUT2D eigenvalue weighted by molar-refractivity contribution is -0.147. The maximum atomic E-state index is 12.5. The maximum Gasteiger partial charge on any atom is 0.414 e. The van der Waals surface area contributed by atoms with Crippen molar-refractivity contribution in [2.75, 3.05) is 51.3 Å². The highest BCUT2D eigenvalue weighted by atomic mass is 16.6. The minimum Gasteiger partial charge on any atom is -0.468 e. The molecular formula is C27H33N5O6. The first-order valence-corrected chi connectivity index (χ1v) is 12.5. The molecule has 11 heteroatoms. The van der Waals surface area contributed by atoms with Crippen LogP contribution in [-0.2, 0) is 25.6 Å². The molecule has 0 saturated carbocycles. The molecule has 0 bridgehead atoms. The van der Waals surface area contributed by atoms with E-state index in [0.29, 0.717) is 24.3 Å². The number of piperazine rings is 1. The molecule has 202 valence electrons. The first kappa shape index (κ1) is 27.1. The largest absolute Gasteiger partial charge is 0.468 e. The summed E-state index contributed by atoms with van der Waals surface area (Å²) in [6.45, 7) is 6.00. The SMILES string of the molecule is COC(=O)C(C)N1CCN(CC2CN(c3ccc(C(=N)NC(=O)OCc4ccccc4)cc3)C(=O)O2)CC1. The van der Waals surface area contributed by atoms with Gasteiger partial charge in [-0.25, -0.2) is 9.59 Å². The summed E-state index contributed by atoms with van der Waals surface area (Å²) >= 11 is 0. The number of esters is 1. The van der Waals surface area contributed by atoms with Gasteiger partial charge in [0.25, 0.3) is 0 Å². The van der Waals surface area contributed by atoms with Crippen LogP contribution in [0.2, 0.25) is 0 Å². The number of amides is 2. The van der Waals surface area contributed by atoms with Crippen molar-refractivity contribution in [3.63, 3.8) is 0 Å². The van der Waals surface area contributed by atoms with Crippen LogP contribution in [0.15, 0.2) is 54.6 Å². The highest BCUT2D eigenvalue weighted by molar-refractivity contribution is 6.04. The topological polar surface area (TPSA) is 125 Å². The zero-order valence-electron chi connectivity index (χ0n) is 21.6. The van der Waals surface area contributed by atoms with Gasteiger partial charge in [-0.3, -0.25) is 30.2 Å². The lowest BCUT2D eigenvalue weighted by atomic mass is 10.1. The van der Waals surface area contributed by atoms with Crippen LogP contribution >= 0.6 is 0 Å². The number of ether oxygens (including phenoxy) is 3. The van der Waals surface area contributed by atoms with Crippen LogP contribution in [0, 0.1) is 5.41 Å². The fourth-order valence-corrected chi connectivity index (χ4v) is 4.51. The molecule has 2 aromatic rings. The smallest absolute Gasteiger partial charge is 0.414 e. The summed E-state index contributed by atoms with van der Waals surface area (Å²) in [5, 5.41) is 10.6. The molecule has 0 aromatic heterocycles. The van der Waals surface area contributed by atoms with E-state index in [1.807, 2.05) is 37.3 Å². The molecule has 0 aliphatic carbocycles. The first-order chi connectivity index (χ1) is 18.3. The highest BCUT2D eigenvalue weighted by Gasteiger charge is 2.35. The zero-order chi connectivity index (χ0) is 27.1. The number of nitrogens with zero attached hydrogens (tertiary/aromatic N) is 3. The summed E-state index contributed by atoms with van der Waals surface area (Å²) < 4.78 is 15.6. The van der Waals surface area contributed by atoms with E-state index in [4.69, 9.17) is 19.6 Å². The minimum absolute atomic E-state index is 0.0999. The van der Waals surface area contributed by atoms with E-state index in [1.54, 1.807) is 29.2 Å². The zero-order valence-corrected chi connectivity index (χ0v) is 21.6. The molecule has 2 aromatic carbocycles. The van der Waals surface area contributed by atoms with Crippen LogP contribution in [0.25, 0.3) is 0 Å². The molecule has 0 spiro atoms. The number of carbonyl (C=O) groups excluding carboxylic acids is 3. The Morgan fingerprint density at radius 2 is 1.76 bits per heavy atom. The number of alkyl carbamates (subject to hydrolysis) is 1. The quantitative estimate of drug-likeness (QED) is 0.234. The minimum atomic E-state index is -0.713. The van der Waals surface area contributed by atoms with Crippen LogP contribution in [0.5, 0.6) is 0 Å². The Morgan fingerprint density at radius 1 is 1.08 bits per heavy atom. The molecule has 2 N–H and O–H groups in total. The summed E-state index contributed by atoms with van der Waals surface area (Å²) in [6, 6.07) is 15.8. The van der Waals surface area contributed by atoms with Crippen molar-refractivity contribution in [2.24, 2.45) is 0 Å². The van der Waals surface area contributed by atoms with E-state index < -0.39 is 12.2 Å². The van der Waals surface area contributed by atoms with E-state index in [0.717, 1.165) is 31.7 Å². The Hall–Kier alpha value is -3.96. The van der Waals surface area contributed by atoms with Crippen LogP contribution < -0.4 is 10.2 Å². The van der Waals surface area contributed by atoms with Gasteiger partial charge in [0.15, 0.2) is 0 Å². The third-order valence-electron chi connectivity index (χ3n) is 6.74. The van der Waals surface area contributed by atoms with Gasteiger partial charge < -0.3 is 14.2 Å². The van der Waals surface area contributed by atoms with Crippen LogP contribution in [0.1, 0.15) is 18.1 Å². The molecule has 2 unspecified atom stereocenters. The molecule has 2 heterocycles. The van der Waals surface area contributed by atoms with Gasteiger partial charge >= 0.3 is 18.2 Å². The van der Waals surface area contributed by atoms with E-state index in [9.17, 15) is 14.4 Å². The average molecular weight is 524 g/mol. The number of hydrogen-bond acceptors (Lipinski definition) is 9. The van der Waals surface area contributed by atoms with Gasteiger partial charge in [-0.05, 0) is 36.8 Å². The lowest BCUT2D eigenvalue weighted by Gasteiger charge is -2.37. The molecule has 0 radical (unpaired) electrons.